The van der Waals surface area contributed by atoms with E-state index in [4.69, 9.17) is 0 Å². The fourth-order valence-corrected chi connectivity index (χ4v) is 4.38. The smallest absolute Gasteiger partial charge is 0.257 e. The van der Waals surface area contributed by atoms with E-state index in [0.29, 0.717) is 16.9 Å². The second-order valence-electron chi connectivity index (χ2n) is 7.16. The molecule has 1 aromatic carbocycles. The van der Waals surface area contributed by atoms with Crippen LogP contribution in [-0.4, -0.2) is 10.9 Å². The van der Waals surface area contributed by atoms with Gasteiger partial charge in [0.05, 0.1) is 5.69 Å². The lowest BCUT2D eigenvalue weighted by Crippen LogP contribution is -2.26. The summed E-state index contributed by atoms with van der Waals surface area (Å²) in [5.41, 5.74) is 2.17. The number of hydrogen-bond acceptors (Lipinski definition) is 3. The van der Waals surface area contributed by atoms with Gasteiger partial charge in [-0.3, -0.25) is 10.1 Å². The molecule has 0 aliphatic heterocycles. The Hall–Kier alpha value is -0.950. The second-order valence-corrected chi connectivity index (χ2v) is 9.48. The van der Waals surface area contributed by atoms with Crippen molar-refractivity contribution in [1.29, 1.82) is 0 Å². The highest BCUT2D eigenvalue weighted by molar-refractivity contribution is 14.1. The molecule has 3 nitrogen and oxygen atoms in total. The predicted molar refractivity (Wildman–Crippen MR) is 104 cm³/mol. The number of fused-ring (bicyclic) bond motifs is 1. The summed E-state index contributed by atoms with van der Waals surface area (Å²) in [6, 6.07) is 7.58. The average Bonchev–Trinajstić information content (AvgIpc) is 2.88. The molecule has 1 aliphatic carbocycles. The molecule has 2 aromatic rings. The average molecular weight is 440 g/mol. The van der Waals surface area contributed by atoms with Gasteiger partial charge in [0.2, 0.25) is 0 Å². The van der Waals surface area contributed by atoms with Gasteiger partial charge >= 0.3 is 0 Å². The Bertz CT molecular complexity index is 716. The highest BCUT2D eigenvalue weighted by Gasteiger charge is 2.30. The molecule has 0 radical (unpaired) electrons. The molecule has 1 amide bonds. The topological polar surface area (TPSA) is 42.0 Å². The van der Waals surface area contributed by atoms with Crippen LogP contribution in [0.3, 0.4) is 0 Å². The second kappa shape index (κ2) is 6.51. The largest absolute Gasteiger partial charge is 0.298 e. The van der Waals surface area contributed by atoms with Gasteiger partial charge < -0.3 is 0 Å². The molecule has 0 bridgehead atoms. The van der Waals surface area contributed by atoms with E-state index in [1.165, 1.54) is 17.0 Å². The summed E-state index contributed by atoms with van der Waals surface area (Å²) in [6.07, 6.45) is 3.29. The summed E-state index contributed by atoms with van der Waals surface area (Å²) in [6.45, 7) is 6.93. The van der Waals surface area contributed by atoms with Crippen LogP contribution in [0.5, 0.6) is 0 Å². The third kappa shape index (κ3) is 3.94. The first kappa shape index (κ1) is 16.9. The van der Waals surface area contributed by atoms with Crippen LogP contribution >= 0.6 is 33.9 Å². The maximum absolute atomic E-state index is 12.3. The van der Waals surface area contributed by atoms with E-state index in [9.17, 15) is 4.79 Å². The lowest BCUT2D eigenvalue weighted by molar-refractivity contribution is 0.102. The van der Waals surface area contributed by atoms with Gasteiger partial charge in [-0.25, -0.2) is 4.98 Å². The van der Waals surface area contributed by atoms with Crippen molar-refractivity contribution in [3.63, 3.8) is 0 Å². The van der Waals surface area contributed by atoms with Crippen molar-refractivity contribution in [2.75, 3.05) is 5.32 Å². The summed E-state index contributed by atoms with van der Waals surface area (Å²) in [5, 5.41) is 3.68. The molecule has 5 heteroatoms. The SMILES string of the molecule is CC(C)(C)C1CCc2nc(NC(=O)c3ccc(I)cc3)sc2C1. The van der Waals surface area contributed by atoms with Gasteiger partial charge in [-0.1, -0.05) is 20.8 Å². The van der Waals surface area contributed by atoms with Crippen LogP contribution in [0.2, 0.25) is 0 Å². The van der Waals surface area contributed by atoms with Crippen LogP contribution in [0.25, 0.3) is 0 Å². The summed E-state index contributed by atoms with van der Waals surface area (Å²) in [7, 11) is 0. The Morgan fingerprint density at radius 3 is 2.65 bits per heavy atom. The third-order valence-electron chi connectivity index (χ3n) is 4.49. The molecule has 1 aromatic heterocycles. The summed E-state index contributed by atoms with van der Waals surface area (Å²) in [4.78, 5) is 18.3. The van der Waals surface area contributed by atoms with Gasteiger partial charge in [0, 0.05) is 14.0 Å². The summed E-state index contributed by atoms with van der Waals surface area (Å²) >= 11 is 3.87. The first-order valence-corrected chi connectivity index (χ1v) is 9.78. The third-order valence-corrected chi connectivity index (χ3v) is 6.25. The fraction of sp³-hybridized carbons (Fsp3) is 0.444. The van der Waals surface area contributed by atoms with Gasteiger partial charge in [0.1, 0.15) is 0 Å². The van der Waals surface area contributed by atoms with Crippen molar-refractivity contribution in [2.24, 2.45) is 11.3 Å². The van der Waals surface area contributed by atoms with Crippen LogP contribution < -0.4 is 5.32 Å². The molecule has 1 aliphatic rings. The van der Waals surface area contributed by atoms with E-state index in [1.54, 1.807) is 11.3 Å². The van der Waals surface area contributed by atoms with Crippen molar-refractivity contribution >= 4 is 45.0 Å². The zero-order valence-corrected chi connectivity index (χ0v) is 16.6. The number of carbonyl (C=O) groups is 1. The molecule has 23 heavy (non-hydrogen) atoms. The number of anilines is 1. The number of benzene rings is 1. The van der Waals surface area contributed by atoms with Crippen molar-refractivity contribution in [1.82, 2.24) is 4.98 Å². The Balaban J connectivity index is 1.72. The normalized spacial score (nSPS) is 17.7. The minimum Gasteiger partial charge on any atom is -0.298 e. The van der Waals surface area contributed by atoms with Crippen LogP contribution in [0.4, 0.5) is 5.13 Å². The van der Waals surface area contributed by atoms with Gasteiger partial charge in [-0.05, 0) is 77.5 Å². The van der Waals surface area contributed by atoms with Crippen LogP contribution in [0.1, 0.15) is 48.1 Å². The van der Waals surface area contributed by atoms with E-state index in [0.717, 1.165) is 21.5 Å². The first-order chi connectivity index (χ1) is 10.8. The number of aryl methyl sites for hydroxylation is 1. The van der Waals surface area contributed by atoms with Crippen molar-refractivity contribution < 1.29 is 4.79 Å². The van der Waals surface area contributed by atoms with Gasteiger partial charge in [0.15, 0.2) is 5.13 Å². The van der Waals surface area contributed by atoms with Gasteiger partial charge in [-0.2, -0.15) is 0 Å². The summed E-state index contributed by atoms with van der Waals surface area (Å²) in [5.74, 6) is 0.607. The van der Waals surface area contributed by atoms with E-state index in [1.807, 2.05) is 24.3 Å². The number of hydrogen-bond donors (Lipinski definition) is 1. The zero-order chi connectivity index (χ0) is 16.6. The number of amides is 1. The van der Waals surface area contributed by atoms with Crippen LogP contribution in [-0.2, 0) is 12.8 Å². The quantitative estimate of drug-likeness (QED) is 0.657. The Morgan fingerprint density at radius 1 is 1.30 bits per heavy atom. The molecule has 1 unspecified atom stereocenters. The number of carbonyl (C=O) groups excluding carboxylic acids is 1. The molecular formula is C18H21IN2OS. The number of thiazole rings is 1. The fourth-order valence-electron chi connectivity index (χ4n) is 2.94. The number of nitrogens with zero attached hydrogens (tertiary/aromatic N) is 1. The monoisotopic (exact) mass is 440 g/mol. The standard InChI is InChI=1S/C18H21IN2OS/c1-18(2,3)12-6-9-14-15(10-12)23-17(20-14)21-16(22)11-4-7-13(19)8-5-11/h4-5,7-8,12H,6,9-10H2,1-3H3,(H,20,21,22). The first-order valence-electron chi connectivity index (χ1n) is 7.88. The molecule has 0 saturated carbocycles. The van der Waals surface area contributed by atoms with Crippen LogP contribution in [0.15, 0.2) is 24.3 Å². The minimum atomic E-state index is -0.0835. The highest BCUT2D eigenvalue weighted by Crippen LogP contribution is 2.40. The molecule has 1 heterocycles. The maximum Gasteiger partial charge on any atom is 0.257 e. The number of aromatic nitrogens is 1. The number of rotatable bonds is 2. The Morgan fingerprint density at radius 2 is 2.00 bits per heavy atom. The number of halogens is 1. The lowest BCUT2D eigenvalue weighted by Gasteiger charge is -2.33. The minimum absolute atomic E-state index is 0.0835. The zero-order valence-electron chi connectivity index (χ0n) is 13.6. The van der Waals surface area contributed by atoms with Crippen LogP contribution in [0, 0.1) is 14.9 Å². The number of nitrogens with one attached hydrogen (secondary N) is 1. The molecule has 1 N–H and O–H groups in total. The van der Waals surface area contributed by atoms with E-state index >= 15 is 0 Å². The molecule has 122 valence electrons. The van der Waals surface area contributed by atoms with Crippen molar-refractivity contribution in [2.45, 2.75) is 40.0 Å². The summed E-state index contributed by atoms with van der Waals surface area (Å²) < 4.78 is 1.12. The molecule has 0 fully saturated rings. The molecule has 3 rings (SSSR count). The molecule has 0 spiro atoms. The van der Waals surface area contributed by atoms with Crippen molar-refractivity contribution in [3.8, 4) is 0 Å². The van der Waals surface area contributed by atoms with Gasteiger partial charge in [-0.15, -0.1) is 11.3 Å². The van der Waals surface area contributed by atoms with E-state index in [2.05, 4.69) is 53.7 Å². The Labute approximate surface area is 155 Å². The predicted octanol–water partition coefficient (Wildman–Crippen LogP) is 5.15. The van der Waals surface area contributed by atoms with E-state index < -0.39 is 0 Å². The van der Waals surface area contributed by atoms with Crippen molar-refractivity contribution in [3.05, 3.63) is 44.0 Å². The molecule has 1 atom stereocenters. The molecule has 0 saturated heterocycles. The Kier molecular flexibility index (Phi) is 4.78. The van der Waals surface area contributed by atoms with Gasteiger partial charge in [0.25, 0.3) is 5.91 Å². The highest BCUT2D eigenvalue weighted by atomic mass is 127. The maximum atomic E-state index is 12.3. The van der Waals surface area contributed by atoms with E-state index in [-0.39, 0.29) is 5.91 Å². The lowest BCUT2D eigenvalue weighted by atomic mass is 9.73. The molecular weight excluding hydrogens is 419 g/mol.